The van der Waals surface area contributed by atoms with Crippen LogP contribution >= 0.6 is 0 Å². The second-order valence-corrected chi connectivity index (χ2v) is 40.2. The summed E-state index contributed by atoms with van der Waals surface area (Å²) in [5, 5.41) is 44.8. The molecule has 0 saturated carbocycles. The number of nitrogens with zero attached hydrogens (tertiary/aromatic N) is 4. The van der Waals surface area contributed by atoms with Gasteiger partial charge in [0.25, 0.3) is 0 Å². The van der Waals surface area contributed by atoms with Crippen LogP contribution in [-0.2, 0) is 124 Å². The van der Waals surface area contributed by atoms with Crippen molar-refractivity contribution in [3.63, 3.8) is 0 Å². The Labute approximate surface area is 738 Å². The van der Waals surface area contributed by atoms with E-state index in [4.69, 9.17) is 0 Å². The molecule has 0 unspecified atom stereocenters. The van der Waals surface area contributed by atoms with Crippen LogP contribution in [0, 0.1) is 0 Å². The van der Waals surface area contributed by atoms with Crippen molar-refractivity contribution in [3.05, 3.63) is 119 Å². The number of rotatable bonds is 56. The average Bonchev–Trinajstić information content (AvgIpc) is 1.57. The van der Waals surface area contributed by atoms with Gasteiger partial charge in [-0.3, -0.25) is 0 Å². The standard InChI is InChI=1S/4C23H37NO4S.2Rh/c4*1-2-3-4-5-6-7-8-9-10-11-13-20-15-17-21(18-16-20)29(27,28)24-19-12-14-22(24)23(25)26;;/h4*15-18,22H,2-14,19H2,1H3,(H,25,26);;/p-4/t4*22-;;/m0000../s1. The normalized spacial score (nSPS) is 17.3. The second-order valence-electron chi connectivity index (χ2n) is 32.7. The summed E-state index contributed by atoms with van der Waals surface area (Å²) in [5.74, 6) is -5.26. The minimum atomic E-state index is -3.78. The van der Waals surface area contributed by atoms with Crippen molar-refractivity contribution in [1.29, 1.82) is 0 Å². The van der Waals surface area contributed by atoms with Crippen molar-refractivity contribution in [2.45, 2.75) is 405 Å². The largest absolute Gasteiger partial charge is 0.548 e. The van der Waals surface area contributed by atoms with E-state index >= 15 is 0 Å². The number of benzene rings is 4. The fourth-order valence-electron chi connectivity index (χ4n) is 16.2. The molecule has 2 radical (unpaired) electrons. The van der Waals surface area contributed by atoms with Gasteiger partial charge in [-0.1, -0.05) is 307 Å². The molecule has 0 aromatic heterocycles. The number of hydrogen-bond acceptors (Lipinski definition) is 16. The summed E-state index contributed by atoms with van der Waals surface area (Å²) in [5.41, 5.74) is 4.51. The van der Waals surface area contributed by atoms with Crippen molar-refractivity contribution in [2.75, 3.05) is 26.2 Å². The third-order valence-electron chi connectivity index (χ3n) is 23.3. The first-order chi connectivity index (χ1) is 55.9. The number of hydrogen-bond donors (Lipinski definition) is 0. The van der Waals surface area contributed by atoms with E-state index < -0.39 is 88.1 Å². The van der Waals surface area contributed by atoms with Gasteiger partial charge in [-0.05, 0) is 174 Å². The minimum absolute atomic E-state index is 0. The fraction of sp³-hybridized carbons (Fsp3) is 0.696. The van der Waals surface area contributed by atoms with E-state index in [0.29, 0.717) is 51.4 Å². The molecule has 4 aromatic rings. The number of sulfonamides is 4. The summed E-state index contributed by atoms with van der Waals surface area (Å²) in [7, 11) is -15.1. The van der Waals surface area contributed by atoms with Gasteiger partial charge in [-0.15, -0.1) is 0 Å². The molecule has 4 aliphatic rings. The minimum Gasteiger partial charge on any atom is -0.548 e. The second kappa shape index (κ2) is 61.1. The van der Waals surface area contributed by atoms with Gasteiger partial charge < -0.3 is 39.6 Å². The molecule has 20 nitrogen and oxygen atoms in total. The van der Waals surface area contributed by atoms with E-state index in [-0.39, 0.29) is 84.7 Å². The molecule has 4 saturated heterocycles. The van der Waals surface area contributed by atoms with Crippen molar-refractivity contribution < 1.29 is 112 Å². The van der Waals surface area contributed by atoms with Crippen molar-refractivity contribution in [3.8, 4) is 0 Å². The number of unbranched alkanes of at least 4 members (excludes halogenated alkanes) is 36. The zero-order chi connectivity index (χ0) is 84.5. The third kappa shape index (κ3) is 38.8. The number of carboxylic acids is 4. The molecule has 4 aliphatic heterocycles. The Balaban J connectivity index is 0.000000404. The molecule has 4 heterocycles. The van der Waals surface area contributed by atoms with Crippen LogP contribution in [0.15, 0.2) is 117 Å². The molecule has 0 spiro atoms. The molecule has 26 heteroatoms. The van der Waals surface area contributed by atoms with Gasteiger partial charge in [0.2, 0.25) is 40.1 Å². The molecule has 118 heavy (non-hydrogen) atoms. The Hall–Kier alpha value is -4.35. The first-order valence-corrected chi connectivity index (χ1v) is 50.9. The van der Waals surface area contributed by atoms with Crippen molar-refractivity contribution >= 4 is 64.0 Å². The Morgan fingerprint density at radius 2 is 0.381 bits per heavy atom. The molecule has 0 bridgehead atoms. The van der Waals surface area contributed by atoms with Crippen LogP contribution in [0.4, 0.5) is 0 Å². The number of carboxylic acid groups (broad SMARTS) is 4. The predicted octanol–water partition coefficient (Wildman–Crippen LogP) is 16.2. The Kier molecular flexibility index (Phi) is 55.8. The smallest absolute Gasteiger partial charge is 0.243 e. The summed E-state index contributed by atoms with van der Waals surface area (Å²) in [4.78, 5) is 45.5. The van der Waals surface area contributed by atoms with E-state index in [1.807, 2.05) is 48.5 Å². The SMILES string of the molecule is CCCCCCCCCCCCc1ccc(S(=O)(=O)N2CCC[C@H]2C(=O)[O-])cc1.CCCCCCCCCCCCc1ccc(S(=O)(=O)N2CCC[C@H]2C(=O)[O-])cc1.CCCCCCCCCCCCc1ccc(S(=O)(=O)N2CCC[C@H]2C(=O)[O-])cc1.CCCCCCCCCCCCc1ccc(S(=O)(=O)N2CCC[C@H]2C(=O)[O-])cc1.[Rh].[Rh]. The number of aliphatic carboxylic acids is 4. The van der Waals surface area contributed by atoms with Crippen LogP contribution in [0.5, 0.6) is 0 Å². The molecule has 0 N–H and O–H groups in total. The molecule has 4 fully saturated rings. The van der Waals surface area contributed by atoms with Crippen LogP contribution in [0.25, 0.3) is 0 Å². The van der Waals surface area contributed by atoms with Gasteiger partial charge in [0.1, 0.15) is 0 Å². The molecule has 0 aliphatic carbocycles. The fourth-order valence-corrected chi connectivity index (χ4v) is 22.8. The summed E-state index contributed by atoms with van der Waals surface area (Å²) < 4.78 is 106. The number of carbonyl (C=O) groups excluding carboxylic acids is 4. The van der Waals surface area contributed by atoms with E-state index in [9.17, 15) is 73.3 Å². The predicted molar refractivity (Wildman–Crippen MR) is 456 cm³/mol. The van der Waals surface area contributed by atoms with E-state index in [2.05, 4.69) is 27.7 Å². The van der Waals surface area contributed by atoms with Crippen LogP contribution in [0.2, 0.25) is 0 Å². The first kappa shape index (κ1) is 108. The third-order valence-corrected chi connectivity index (χ3v) is 31.0. The molecular formula is C92H144N4O16Rh2S4-4. The maximum absolute atomic E-state index is 12.7. The number of carbonyl (C=O) groups is 4. The van der Waals surface area contributed by atoms with Gasteiger partial charge in [-0.25, -0.2) is 33.7 Å². The molecular weight excluding hydrogens is 1750 g/mol. The monoisotopic (exact) mass is 1890 g/mol. The van der Waals surface area contributed by atoms with E-state index in [0.717, 1.165) is 90.8 Å². The maximum atomic E-state index is 12.7. The van der Waals surface area contributed by atoms with Gasteiger partial charge in [0.05, 0.1) is 67.6 Å². The Morgan fingerprint density at radius 3 is 0.517 bits per heavy atom. The number of aryl methyl sites for hydroxylation is 4. The van der Waals surface area contributed by atoms with Crippen LogP contribution in [0.1, 0.15) is 358 Å². The molecule has 0 amide bonds. The summed E-state index contributed by atoms with van der Waals surface area (Å²) >= 11 is 0. The summed E-state index contributed by atoms with van der Waals surface area (Å²) in [6, 6.07) is 23.4. The molecule has 674 valence electrons. The van der Waals surface area contributed by atoms with Gasteiger partial charge in [0, 0.05) is 65.1 Å². The zero-order valence-corrected chi connectivity index (χ0v) is 78.3. The van der Waals surface area contributed by atoms with Gasteiger partial charge in [-0.2, -0.15) is 17.2 Å². The summed E-state index contributed by atoms with van der Waals surface area (Å²) in [6.45, 7) is 9.92. The van der Waals surface area contributed by atoms with Gasteiger partial charge >= 0.3 is 0 Å². The van der Waals surface area contributed by atoms with E-state index in [1.165, 1.54) is 231 Å². The average molecular weight is 1900 g/mol. The van der Waals surface area contributed by atoms with Crippen LogP contribution in [0.3, 0.4) is 0 Å². The molecule has 8 rings (SSSR count). The Morgan fingerprint density at radius 1 is 0.246 bits per heavy atom. The Bertz CT molecular complexity index is 3380. The van der Waals surface area contributed by atoms with Crippen LogP contribution < -0.4 is 20.4 Å². The zero-order valence-electron chi connectivity index (χ0n) is 71.8. The molecule has 4 atom stereocenters. The first-order valence-electron chi connectivity index (χ1n) is 45.1. The quantitative estimate of drug-likeness (QED) is 0.0293. The maximum Gasteiger partial charge on any atom is 0.243 e. The van der Waals surface area contributed by atoms with Gasteiger partial charge in [0.15, 0.2) is 0 Å². The van der Waals surface area contributed by atoms with Crippen molar-refractivity contribution in [2.24, 2.45) is 0 Å². The topological polar surface area (TPSA) is 310 Å². The van der Waals surface area contributed by atoms with Crippen LogP contribution in [-0.4, -0.2) is 125 Å². The molecule has 4 aromatic carbocycles. The van der Waals surface area contributed by atoms with Crippen molar-refractivity contribution in [1.82, 2.24) is 17.2 Å². The van der Waals surface area contributed by atoms with E-state index in [1.54, 1.807) is 48.5 Å². The summed E-state index contributed by atoms with van der Waals surface area (Å²) in [6.07, 6.45) is 59.1.